The Morgan fingerprint density at radius 3 is 2.42 bits per heavy atom. The third-order valence-electron chi connectivity index (χ3n) is 4.21. The molecule has 0 aromatic heterocycles. The summed E-state index contributed by atoms with van der Waals surface area (Å²) in [5.41, 5.74) is 2.28. The minimum atomic E-state index is -0.236. The minimum Gasteiger partial charge on any atom is -0.368 e. The summed E-state index contributed by atoms with van der Waals surface area (Å²) >= 11 is 0. The lowest BCUT2D eigenvalue weighted by Crippen LogP contribution is -2.45. The van der Waals surface area contributed by atoms with E-state index in [1.807, 2.05) is 36.4 Å². The SMILES string of the molecule is CN1CCN(c2ccc(N=O)cc2C(=O)Nc2ccccc2)CC1. The molecule has 1 N–H and O–H groups in total. The Kier molecular flexibility index (Phi) is 4.86. The van der Waals surface area contributed by atoms with E-state index >= 15 is 0 Å². The van der Waals surface area contributed by atoms with E-state index in [2.05, 4.69) is 27.3 Å². The number of carbonyl (C=O) groups excluding carboxylic acids is 1. The Labute approximate surface area is 141 Å². The number of likely N-dealkylation sites (N-methyl/N-ethyl adjacent to an activating group) is 1. The Balaban J connectivity index is 1.89. The van der Waals surface area contributed by atoms with Gasteiger partial charge in [0.15, 0.2) is 0 Å². The number of amides is 1. The summed E-state index contributed by atoms with van der Waals surface area (Å²) in [6.07, 6.45) is 0. The molecule has 1 fully saturated rings. The molecule has 3 rings (SSSR count). The quantitative estimate of drug-likeness (QED) is 0.878. The van der Waals surface area contributed by atoms with Crippen molar-refractivity contribution in [3.05, 3.63) is 59.0 Å². The summed E-state index contributed by atoms with van der Waals surface area (Å²) in [6.45, 7) is 3.56. The van der Waals surface area contributed by atoms with Gasteiger partial charge in [0.25, 0.3) is 5.91 Å². The molecule has 1 amide bonds. The van der Waals surface area contributed by atoms with Crippen molar-refractivity contribution >= 4 is 23.0 Å². The molecule has 0 spiro atoms. The Hall–Kier alpha value is -2.73. The molecule has 1 saturated heterocycles. The van der Waals surface area contributed by atoms with E-state index in [-0.39, 0.29) is 11.6 Å². The van der Waals surface area contributed by atoms with Gasteiger partial charge in [0.1, 0.15) is 5.69 Å². The van der Waals surface area contributed by atoms with Crippen LogP contribution in [-0.2, 0) is 0 Å². The van der Waals surface area contributed by atoms with Gasteiger partial charge in [-0.3, -0.25) is 4.79 Å². The highest BCUT2D eigenvalue weighted by Crippen LogP contribution is 2.27. The van der Waals surface area contributed by atoms with E-state index < -0.39 is 0 Å². The van der Waals surface area contributed by atoms with Crippen LogP contribution < -0.4 is 10.2 Å². The average molecular weight is 324 g/mol. The second-order valence-corrected chi connectivity index (χ2v) is 5.90. The van der Waals surface area contributed by atoms with Crippen molar-refractivity contribution in [1.29, 1.82) is 0 Å². The zero-order chi connectivity index (χ0) is 16.9. The highest BCUT2D eigenvalue weighted by Gasteiger charge is 2.21. The van der Waals surface area contributed by atoms with Gasteiger partial charge in [0.05, 0.1) is 5.56 Å². The predicted octanol–water partition coefficient (Wildman–Crippen LogP) is 3.09. The third kappa shape index (κ3) is 3.60. The van der Waals surface area contributed by atoms with Crippen LogP contribution in [0.25, 0.3) is 0 Å². The molecule has 2 aromatic carbocycles. The maximum absolute atomic E-state index is 12.7. The van der Waals surface area contributed by atoms with Gasteiger partial charge < -0.3 is 15.1 Å². The molecule has 1 aliphatic rings. The van der Waals surface area contributed by atoms with E-state index in [1.54, 1.807) is 12.1 Å². The summed E-state index contributed by atoms with van der Waals surface area (Å²) in [6, 6.07) is 14.3. The summed E-state index contributed by atoms with van der Waals surface area (Å²) in [5, 5.41) is 5.84. The largest absolute Gasteiger partial charge is 0.368 e. The lowest BCUT2D eigenvalue weighted by molar-refractivity contribution is 0.102. The molecule has 24 heavy (non-hydrogen) atoms. The Morgan fingerprint density at radius 2 is 1.75 bits per heavy atom. The first-order chi connectivity index (χ1) is 11.7. The minimum absolute atomic E-state index is 0.236. The van der Waals surface area contributed by atoms with Crippen LogP contribution in [0.2, 0.25) is 0 Å². The zero-order valence-electron chi connectivity index (χ0n) is 13.6. The lowest BCUT2D eigenvalue weighted by atomic mass is 10.1. The van der Waals surface area contributed by atoms with Crippen molar-refractivity contribution in [2.24, 2.45) is 5.18 Å². The van der Waals surface area contributed by atoms with Crippen LogP contribution in [0.4, 0.5) is 17.1 Å². The van der Waals surface area contributed by atoms with Gasteiger partial charge in [-0.1, -0.05) is 18.2 Å². The van der Waals surface area contributed by atoms with Crippen LogP contribution in [0.15, 0.2) is 53.7 Å². The number of hydrogen-bond donors (Lipinski definition) is 1. The summed E-state index contributed by atoms with van der Waals surface area (Å²) in [4.78, 5) is 28.0. The Morgan fingerprint density at radius 1 is 1.04 bits per heavy atom. The average Bonchev–Trinajstić information content (AvgIpc) is 2.63. The first-order valence-electron chi connectivity index (χ1n) is 7.94. The maximum atomic E-state index is 12.7. The van der Waals surface area contributed by atoms with Crippen LogP contribution in [-0.4, -0.2) is 44.0 Å². The van der Waals surface area contributed by atoms with Gasteiger partial charge >= 0.3 is 0 Å². The molecule has 0 radical (unpaired) electrons. The van der Waals surface area contributed by atoms with Crippen LogP contribution in [0.3, 0.4) is 0 Å². The summed E-state index contributed by atoms with van der Waals surface area (Å²) < 4.78 is 0. The second kappa shape index (κ2) is 7.23. The molecular weight excluding hydrogens is 304 g/mol. The number of rotatable bonds is 4. The van der Waals surface area contributed by atoms with Gasteiger partial charge in [-0.15, -0.1) is 4.91 Å². The smallest absolute Gasteiger partial charge is 0.257 e. The number of anilines is 2. The van der Waals surface area contributed by atoms with Gasteiger partial charge in [-0.05, 0) is 42.6 Å². The number of para-hydroxylation sites is 1. The van der Waals surface area contributed by atoms with Gasteiger partial charge in [0.2, 0.25) is 0 Å². The van der Waals surface area contributed by atoms with Crippen LogP contribution >= 0.6 is 0 Å². The first kappa shape index (κ1) is 16.1. The predicted molar refractivity (Wildman–Crippen MR) is 96.0 cm³/mol. The van der Waals surface area contributed by atoms with Gasteiger partial charge in [-0.25, -0.2) is 0 Å². The van der Waals surface area contributed by atoms with E-state index in [1.165, 1.54) is 0 Å². The zero-order valence-corrected chi connectivity index (χ0v) is 13.6. The monoisotopic (exact) mass is 324 g/mol. The number of nitroso groups, excluding NO2 is 1. The Bertz CT molecular complexity index is 725. The van der Waals surface area contributed by atoms with Crippen molar-refractivity contribution in [3.8, 4) is 0 Å². The van der Waals surface area contributed by atoms with Crippen molar-refractivity contribution in [2.75, 3.05) is 43.4 Å². The number of hydrogen-bond acceptors (Lipinski definition) is 5. The first-order valence-corrected chi connectivity index (χ1v) is 7.94. The number of piperazine rings is 1. The van der Waals surface area contributed by atoms with E-state index in [0.29, 0.717) is 5.56 Å². The number of nitrogens with zero attached hydrogens (tertiary/aromatic N) is 3. The standard InChI is InChI=1S/C18H20N4O2/c1-21-9-11-22(12-10-21)17-8-7-15(20-24)13-16(17)18(23)19-14-5-3-2-4-6-14/h2-8,13H,9-12H2,1H3,(H,19,23). The van der Waals surface area contributed by atoms with Crippen LogP contribution in [0, 0.1) is 4.91 Å². The highest BCUT2D eigenvalue weighted by molar-refractivity contribution is 6.08. The van der Waals surface area contributed by atoms with E-state index in [0.717, 1.165) is 37.6 Å². The van der Waals surface area contributed by atoms with E-state index in [4.69, 9.17) is 0 Å². The van der Waals surface area contributed by atoms with Crippen molar-refractivity contribution in [3.63, 3.8) is 0 Å². The lowest BCUT2D eigenvalue weighted by Gasteiger charge is -2.35. The van der Waals surface area contributed by atoms with E-state index in [9.17, 15) is 9.70 Å². The van der Waals surface area contributed by atoms with Crippen molar-refractivity contribution in [2.45, 2.75) is 0 Å². The van der Waals surface area contributed by atoms with Gasteiger partial charge in [0, 0.05) is 37.6 Å². The molecule has 6 heteroatoms. The molecule has 1 aliphatic heterocycles. The topological polar surface area (TPSA) is 65.0 Å². The highest BCUT2D eigenvalue weighted by atomic mass is 16.3. The number of carbonyl (C=O) groups is 1. The summed E-state index contributed by atoms with van der Waals surface area (Å²) in [7, 11) is 2.08. The number of nitrogens with one attached hydrogen (secondary N) is 1. The van der Waals surface area contributed by atoms with Crippen molar-refractivity contribution in [1.82, 2.24) is 4.90 Å². The molecule has 6 nitrogen and oxygen atoms in total. The third-order valence-corrected chi connectivity index (χ3v) is 4.21. The molecule has 0 unspecified atom stereocenters. The molecular formula is C18H20N4O2. The van der Waals surface area contributed by atoms with Crippen LogP contribution in [0.1, 0.15) is 10.4 Å². The molecule has 1 heterocycles. The molecule has 0 atom stereocenters. The van der Waals surface area contributed by atoms with Crippen LogP contribution in [0.5, 0.6) is 0 Å². The molecule has 2 aromatic rings. The second-order valence-electron chi connectivity index (χ2n) is 5.90. The van der Waals surface area contributed by atoms with Crippen molar-refractivity contribution < 1.29 is 4.79 Å². The summed E-state index contributed by atoms with van der Waals surface area (Å²) in [5.74, 6) is -0.236. The molecule has 0 bridgehead atoms. The fourth-order valence-corrected chi connectivity index (χ4v) is 2.81. The fraction of sp³-hybridized carbons (Fsp3) is 0.278. The molecule has 0 aliphatic carbocycles. The maximum Gasteiger partial charge on any atom is 0.257 e. The normalized spacial score (nSPS) is 15.1. The fourth-order valence-electron chi connectivity index (χ4n) is 2.81. The van der Waals surface area contributed by atoms with Gasteiger partial charge in [-0.2, -0.15) is 0 Å². The molecule has 124 valence electrons. The number of benzene rings is 2. The molecule has 0 saturated carbocycles.